The van der Waals surface area contributed by atoms with E-state index in [2.05, 4.69) is 22.1 Å². The van der Waals surface area contributed by atoms with E-state index in [0.29, 0.717) is 6.04 Å². The standard InChI is InChI=1S/C16H24N2O2S2/c1-13-9-15(22-11-13)16(19)18-3-2-8-21-12-14(18)10-17-4-6-20-7-5-17/h9,11,14H,2-8,10,12H2,1H3. The summed E-state index contributed by atoms with van der Waals surface area (Å²) in [7, 11) is 0. The molecular weight excluding hydrogens is 316 g/mol. The summed E-state index contributed by atoms with van der Waals surface area (Å²) in [6.07, 6.45) is 1.10. The van der Waals surface area contributed by atoms with Crippen LogP contribution in [0.4, 0.5) is 0 Å². The van der Waals surface area contributed by atoms with Crippen LogP contribution in [0.1, 0.15) is 21.7 Å². The van der Waals surface area contributed by atoms with Crippen molar-refractivity contribution in [1.29, 1.82) is 0 Å². The molecule has 1 aromatic heterocycles. The summed E-state index contributed by atoms with van der Waals surface area (Å²) >= 11 is 3.56. The van der Waals surface area contributed by atoms with E-state index in [-0.39, 0.29) is 5.91 Å². The fraction of sp³-hybridized carbons (Fsp3) is 0.688. The summed E-state index contributed by atoms with van der Waals surface area (Å²) in [5.74, 6) is 2.43. The van der Waals surface area contributed by atoms with Crippen LogP contribution < -0.4 is 0 Å². The van der Waals surface area contributed by atoms with Gasteiger partial charge in [-0.05, 0) is 36.1 Å². The van der Waals surface area contributed by atoms with Crippen molar-refractivity contribution in [2.45, 2.75) is 19.4 Å². The Bertz CT molecular complexity index is 500. The summed E-state index contributed by atoms with van der Waals surface area (Å²) in [4.78, 5) is 18.4. The first kappa shape index (κ1) is 16.3. The number of morpholine rings is 1. The molecule has 1 aromatic rings. The van der Waals surface area contributed by atoms with Crippen molar-refractivity contribution in [3.63, 3.8) is 0 Å². The van der Waals surface area contributed by atoms with Gasteiger partial charge in [0.1, 0.15) is 0 Å². The molecule has 0 saturated carbocycles. The molecule has 0 bridgehead atoms. The van der Waals surface area contributed by atoms with Gasteiger partial charge in [-0.3, -0.25) is 9.69 Å². The monoisotopic (exact) mass is 340 g/mol. The summed E-state index contributed by atoms with van der Waals surface area (Å²) < 4.78 is 5.43. The summed E-state index contributed by atoms with van der Waals surface area (Å²) in [6, 6.07) is 2.34. The van der Waals surface area contributed by atoms with Crippen molar-refractivity contribution in [1.82, 2.24) is 9.80 Å². The maximum Gasteiger partial charge on any atom is 0.264 e. The summed E-state index contributed by atoms with van der Waals surface area (Å²) in [5.41, 5.74) is 1.18. The molecule has 2 aliphatic rings. The van der Waals surface area contributed by atoms with E-state index < -0.39 is 0 Å². The molecule has 3 rings (SSSR count). The molecule has 0 N–H and O–H groups in total. The molecule has 0 aliphatic carbocycles. The first-order valence-corrected chi connectivity index (χ1v) is 10.0. The van der Waals surface area contributed by atoms with Gasteiger partial charge >= 0.3 is 0 Å². The van der Waals surface area contributed by atoms with Crippen LogP contribution in [-0.4, -0.2) is 72.6 Å². The average molecular weight is 341 g/mol. The molecule has 122 valence electrons. The molecule has 2 fully saturated rings. The Kier molecular flexibility index (Phi) is 5.79. The third kappa shape index (κ3) is 4.04. The number of thioether (sulfide) groups is 1. The van der Waals surface area contributed by atoms with E-state index in [1.165, 1.54) is 5.56 Å². The van der Waals surface area contributed by atoms with E-state index in [1.807, 2.05) is 17.8 Å². The number of nitrogens with zero attached hydrogens (tertiary/aromatic N) is 2. The van der Waals surface area contributed by atoms with Crippen LogP contribution in [0.25, 0.3) is 0 Å². The molecule has 0 radical (unpaired) electrons. The normalized spacial score (nSPS) is 24.2. The van der Waals surface area contributed by atoms with Gasteiger partial charge in [0.05, 0.1) is 24.1 Å². The van der Waals surface area contributed by atoms with Gasteiger partial charge in [0, 0.05) is 31.9 Å². The number of amides is 1. The zero-order valence-corrected chi connectivity index (χ0v) is 14.8. The number of aryl methyl sites for hydroxylation is 1. The van der Waals surface area contributed by atoms with Gasteiger partial charge in [-0.15, -0.1) is 11.3 Å². The maximum atomic E-state index is 12.9. The second-order valence-corrected chi connectivity index (χ2v) is 8.04. The summed E-state index contributed by atoms with van der Waals surface area (Å²) in [5, 5.41) is 2.07. The van der Waals surface area contributed by atoms with Crippen LogP contribution in [0.5, 0.6) is 0 Å². The van der Waals surface area contributed by atoms with Crippen LogP contribution in [0.15, 0.2) is 11.4 Å². The van der Waals surface area contributed by atoms with Gasteiger partial charge in [0.15, 0.2) is 0 Å². The Morgan fingerprint density at radius 3 is 2.91 bits per heavy atom. The van der Waals surface area contributed by atoms with Crippen LogP contribution in [0.2, 0.25) is 0 Å². The lowest BCUT2D eigenvalue weighted by atomic mass is 10.2. The number of rotatable bonds is 3. The Morgan fingerprint density at radius 1 is 1.36 bits per heavy atom. The number of hydrogen-bond acceptors (Lipinski definition) is 5. The number of ether oxygens (including phenoxy) is 1. The van der Waals surface area contributed by atoms with Crippen molar-refractivity contribution in [2.75, 3.05) is 50.9 Å². The van der Waals surface area contributed by atoms with E-state index in [9.17, 15) is 4.79 Å². The van der Waals surface area contributed by atoms with Crippen molar-refractivity contribution in [3.05, 3.63) is 21.9 Å². The van der Waals surface area contributed by atoms with Crippen LogP contribution in [-0.2, 0) is 4.74 Å². The third-order valence-electron chi connectivity index (χ3n) is 4.21. The highest BCUT2D eigenvalue weighted by Crippen LogP contribution is 2.23. The fourth-order valence-corrected chi connectivity index (χ4v) is 4.92. The molecule has 3 heterocycles. The summed E-state index contributed by atoms with van der Waals surface area (Å²) in [6.45, 7) is 7.53. The van der Waals surface area contributed by atoms with Crippen LogP contribution in [0.3, 0.4) is 0 Å². The molecule has 0 spiro atoms. The van der Waals surface area contributed by atoms with E-state index in [1.54, 1.807) is 11.3 Å². The first-order valence-electron chi connectivity index (χ1n) is 7.98. The van der Waals surface area contributed by atoms with Gasteiger partial charge in [-0.25, -0.2) is 0 Å². The number of carbonyl (C=O) groups excluding carboxylic acids is 1. The second-order valence-electron chi connectivity index (χ2n) is 5.98. The van der Waals surface area contributed by atoms with Crippen LogP contribution >= 0.6 is 23.1 Å². The van der Waals surface area contributed by atoms with Gasteiger partial charge in [-0.1, -0.05) is 0 Å². The van der Waals surface area contributed by atoms with Crippen molar-refractivity contribution in [2.24, 2.45) is 0 Å². The maximum absolute atomic E-state index is 12.9. The van der Waals surface area contributed by atoms with Gasteiger partial charge in [-0.2, -0.15) is 11.8 Å². The van der Waals surface area contributed by atoms with Gasteiger partial charge < -0.3 is 9.64 Å². The van der Waals surface area contributed by atoms with Gasteiger partial charge in [0.25, 0.3) is 5.91 Å². The lowest BCUT2D eigenvalue weighted by Gasteiger charge is -2.35. The van der Waals surface area contributed by atoms with E-state index in [0.717, 1.165) is 62.2 Å². The molecule has 1 amide bonds. The van der Waals surface area contributed by atoms with Crippen LogP contribution in [0, 0.1) is 6.92 Å². The highest BCUT2D eigenvalue weighted by molar-refractivity contribution is 7.99. The first-order chi connectivity index (χ1) is 10.7. The Labute approximate surface area is 140 Å². The third-order valence-corrected chi connectivity index (χ3v) is 6.45. The zero-order chi connectivity index (χ0) is 15.4. The predicted molar refractivity (Wildman–Crippen MR) is 93.1 cm³/mol. The highest BCUT2D eigenvalue weighted by atomic mass is 32.2. The minimum absolute atomic E-state index is 0.221. The Morgan fingerprint density at radius 2 is 2.18 bits per heavy atom. The topological polar surface area (TPSA) is 32.8 Å². The molecular formula is C16H24N2O2S2. The second kappa shape index (κ2) is 7.81. The molecule has 4 nitrogen and oxygen atoms in total. The predicted octanol–water partition coefficient (Wildman–Crippen LogP) is 2.34. The van der Waals surface area contributed by atoms with E-state index in [4.69, 9.17) is 4.74 Å². The molecule has 2 saturated heterocycles. The SMILES string of the molecule is Cc1csc(C(=O)N2CCCSCC2CN2CCOCC2)c1. The molecule has 0 aromatic carbocycles. The highest BCUT2D eigenvalue weighted by Gasteiger charge is 2.29. The Hall–Kier alpha value is -0.560. The van der Waals surface area contributed by atoms with Gasteiger partial charge in [0.2, 0.25) is 0 Å². The van der Waals surface area contributed by atoms with Crippen molar-refractivity contribution < 1.29 is 9.53 Å². The Balaban J connectivity index is 1.70. The molecule has 22 heavy (non-hydrogen) atoms. The largest absolute Gasteiger partial charge is 0.379 e. The van der Waals surface area contributed by atoms with E-state index >= 15 is 0 Å². The molecule has 2 aliphatic heterocycles. The minimum Gasteiger partial charge on any atom is -0.379 e. The molecule has 1 atom stereocenters. The number of hydrogen-bond donors (Lipinski definition) is 0. The zero-order valence-electron chi connectivity index (χ0n) is 13.1. The average Bonchev–Trinajstić information content (AvgIpc) is 2.84. The van der Waals surface area contributed by atoms with Crippen molar-refractivity contribution in [3.8, 4) is 0 Å². The molecule has 1 unspecified atom stereocenters. The van der Waals surface area contributed by atoms with Crippen molar-refractivity contribution >= 4 is 29.0 Å². The number of thiophene rings is 1. The number of carbonyl (C=O) groups is 1. The molecule has 6 heteroatoms. The minimum atomic E-state index is 0.221. The lowest BCUT2D eigenvalue weighted by molar-refractivity contribution is 0.0246. The lowest BCUT2D eigenvalue weighted by Crippen LogP contribution is -2.50. The fourth-order valence-electron chi connectivity index (χ4n) is 3.01. The quantitative estimate of drug-likeness (QED) is 0.845. The smallest absolute Gasteiger partial charge is 0.264 e.